The smallest absolute Gasteiger partial charge is 0.0711 e. The van der Waals surface area contributed by atoms with Crippen LogP contribution in [0.25, 0.3) is 43.9 Å². The van der Waals surface area contributed by atoms with Crippen LogP contribution in [0.4, 0.5) is 0 Å². The molecule has 0 unspecified atom stereocenters. The molecule has 0 atom stereocenters. The van der Waals surface area contributed by atoms with E-state index in [0.29, 0.717) is 5.71 Å². The first-order chi connectivity index (χ1) is 20.2. The first-order valence-corrected chi connectivity index (χ1v) is 15.3. The van der Waals surface area contributed by atoms with Crippen LogP contribution in [0.15, 0.2) is 138 Å². The van der Waals surface area contributed by atoms with E-state index in [0.717, 1.165) is 55.9 Å². The van der Waals surface area contributed by atoms with Crippen molar-refractivity contribution in [2.75, 3.05) is 0 Å². The van der Waals surface area contributed by atoms with Crippen LogP contribution in [0, 0.1) is 5.41 Å². The molecule has 196 valence electrons. The molecule has 3 heterocycles. The van der Waals surface area contributed by atoms with Crippen molar-refractivity contribution in [3.05, 3.63) is 166 Å². The van der Waals surface area contributed by atoms with Gasteiger partial charge < -0.3 is 5.32 Å². The highest BCUT2D eigenvalue weighted by Gasteiger charge is 2.24. The van der Waals surface area contributed by atoms with Crippen molar-refractivity contribution in [3.63, 3.8) is 0 Å². The van der Waals surface area contributed by atoms with Crippen molar-refractivity contribution in [2.45, 2.75) is 0 Å². The van der Waals surface area contributed by atoms with E-state index < -0.39 is 0 Å². The van der Waals surface area contributed by atoms with E-state index in [-0.39, 0.29) is 0 Å². The molecular weight excluding hydrogens is 537 g/mol. The van der Waals surface area contributed by atoms with Gasteiger partial charge in [-0.05, 0) is 75.0 Å². The monoisotopic (exact) mass is 562 g/mol. The van der Waals surface area contributed by atoms with Crippen LogP contribution in [0.2, 0.25) is 0 Å². The molecule has 2 aromatic heterocycles. The van der Waals surface area contributed by atoms with Gasteiger partial charge in [-0.15, -0.1) is 22.7 Å². The zero-order chi connectivity index (χ0) is 27.6. The lowest BCUT2D eigenvalue weighted by molar-refractivity contribution is 1.22. The second-order valence-electron chi connectivity index (χ2n) is 9.88. The van der Waals surface area contributed by atoms with Gasteiger partial charge in [0, 0.05) is 32.2 Å². The standard InChI is InChI=1S/C37H26N2S2/c38-36(26-13-5-2-6-14-26)35(30-22-28(33-17-9-19-40-33)21-29(23-30)34-18-10-20-41-34)37-31-16-8-7-15-27(31)24-32(39-37)25-11-3-1-4-12-25/h1-24,38-39H/b37-35-,38-36?. The van der Waals surface area contributed by atoms with Gasteiger partial charge in [0.05, 0.1) is 11.4 Å². The molecule has 2 nitrogen and oxygen atoms in total. The van der Waals surface area contributed by atoms with Gasteiger partial charge in [-0.25, -0.2) is 0 Å². The van der Waals surface area contributed by atoms with Crippen LogP contribution in [0.1, 0.15) is 27.8 Å². The number of rotatable bonds is 6. The van der Waals surface area contributed by atoms with Gasteiger partial charge in [0.2, 0.25) is 0 Å². The molecule has 41 heavy (non-hydrogen) atoms. The van der Waals surface area contributed by atoms with E-state index in [1.54, 1.807) is 22.7 Å². The highest BCUT2D eigenvalue weighted by molar-refractivity contribution is 7.14. The van der Waals surface area contributed by atoms with Gasteiger partial charge in [-0.3, -0.25) is 5.41 Å². The van der Waals surface area contributed by atoms with Crippen LogP contribution in [0.5, 0.6) is 0 Å². The minimum atomic E-state index is 0.484. The summed E-state index contributed by atoms with van der Waals surface area (Å²) in [5.41, 5.74) is 10.8. The maximum absolute atomic E-state index is 9.65. The SMILES string of the molecule is N=C(/C(=C1\NC(c2ccccc2)=Cc2ccccc21)c1cc(-c2cccs2)cc(-c2cccs2)c1)c1ccccc1. The number of hydrogen-bond donors (Lipinski definition) is 2. The molecule has 1 aliphatic heterocycles. The summed E-state index contributed by atoms with van der Waals surface area (Å²) in [5, 5.41) is 17.7. The summed E-state index contributed by atoms with van der Waals surface area (Å²) in [4.78, 5) is 2.42. The van der Waals surface area contributed by atoms with Crippen molar-refractivity contribution in [2.24, 2.45) is 0 Å². The number of fused-ring (bicyclic) bond motifs is 1. The highest BCUT2D eigenvalue weighted by Crippen LogP contribution is 2.40. The topological polar surface area (TPSA) is 35.9 Å². The summed E-state index contributed by atoms with van der Waals surface area (Å²) in [6, 6.07) is 44.2. The molecule has 2 N–H and O–H groups in total. The van der Waals surface area contributed by atoms with E-state index >= 15 is 0 Å². The molecule has 6 aromatic rings. The number of thiophene rings is 2. The molecule has 0 aliphatic carbocycles. The number of nitrogens with one attached hydrogen (secondary N) is 2. The van der Waals surface area contributed by atoms with E-state index in [1.165, 1.54) is 9.75 Å². The first kappa shape index (κ1) is 25.2. The fourth-order valence-corrected chi connectivity index (χ4v) is 6.75. The third kappa shape index (κ3) is 5.00. The van der Waals surface area contributed by atoms with Crippen molar-refractivity contribution in [1.82, 2.24) is 5.32 Å². The van der Waals surface area contributed by atoms with E-state index in [2.05, 4.69) is 113 Å². The Labute approximate surface area is 248 Å². The second-order valence-corrected chi connectivity index (χ2v) is 11.8. The van der Waals surface area contributed by atoms with Crippen molar-refractivity contribution in [1.29, 1.82) is 5.41 Å². The molecule has 0 saturated heterocycles. The maximum atomic E-state index is 9.65. The van der Waals surface area contributed by atoms with Gasteiger partial charge in [0.15, 0.2) is 0 Å². The van der Waals surface area contributed by atoms with Gasteiger partial charge in [0.1, 0.15) is 0 Å². The minimum absolute atomic E-state index is 0.484. The predicted molar refractivity (Wildman–Crippen MR) is 177 cm³/mol. The quantitative estimate of drug-likeness (QED) is 0.195. The summed E-state index contributed by atoms with van der Waals surface area (Å²) in [5.74, 6) is 0. The Morgan fingerprint density at radius 3 is 1.80 bits per heavy atom. The third-order valence-corrected chi connectivity index (χ3v) is 9.11. The van der Waals surface area contributed by atoms with Crippen molar-refractivity contribution in [3.8, 4) is 20.9 Å². The molecule has 0 radical (unpaired) electrons. The Balaban J connectivity index is 1.52. The summed E-state index contributed by atoms with van der Waals surface area (Å²) < 4.78 is 0. The van der Waals surface area contributed by atoms with Crippen molar-refractivity contribution >= 4 is 51.4 Å². The molecule has 1 aliphatic rings. The zero-order valence-electron chi connectivity index (χ0n) is 22.2. The Morgan fingerprint density at radius 1 is 0.561 bits per heavy atom. The van der Waals surface area contributed by atoms with Gasteiger partial charge in [-0.1, -0.05) is 97.1 Å². The molecule has 0 saturated carbocycles. The zero-order valence-corrected chi connectivity index (χ0v) is 23.8. The summed E-state index contributed by atoms with van der Waals surface area (Å²) in [7, 11) is 0. The molecule has 0 fully saturated rings. The van der Waals surface area contributed by atoms with Gasteiger partial charge in [-0.2, -0.15) is 0 Å². The van der Waals surface area contributed by atoms with Crippen LogP contribution < -0.4 is 5.32 Å². The highest BCUT2D eigenvalue weighted by atomic mass is 32.1. The van der Waals surface area contributed by atoms with E-state index in [4.69, 9.17) is 0 Å². The molecule has 7 rings (SSSR count). The molecule has 0 amide bonds. The predicted octanol–water partition coefficient (Wildman–Crippen LogP) is 10.2. The molecule has 0 spiro atoms. The fourth-order valence-electron chi connectivity index (χ4n) is 5.32. The molecule has 0 bridgehead atoms. The average Bonchev–Trinajstić information content (AvgIpc) is 3.78. The fraction of sp³-hybridized carbons (Fsp3) is 0. The Bertz CT molecular complexity index is 1840. The lowest BCUT2D eigenvalue weighted by atomic mass is 9.86. The lowest BCUT2D eigenvalue weighted by Crippen LogP contribution is -2.20. The Kier molecular flexibility index (Phi) is 6.77. The lowest BCUT2D eigenvalue weighted by Gasteiger charge is -2.26. The number of benzene rings is 4. The van der Waals surface area contributed by atoms with Crippen molar-refractivity contribution < 1.29 is 0 Å². The maximum Gasteiger partial charge on any atom is 0.0711 e. The van der Waals surface area contributed by atoms with E-state index in [1.807, 2.05) is 36.4 Å². The summed E-state index contributed by atoms with van der Waals surface area (Å²) >= 11 is 3.48. The largest absolute Gasteiger partial charge is 0.354 e. The summed E-state index contributed by atoms with van der Waals surface area (Å²) in [6.07, 6.45) is 2.21. The van der Waals surface area contributed by atoms with Crippen LogP contribution in [-0.4, -0.2) is 5.71 Å². The first-order valence-electron chi connectivity index (χ1n) is 13.5. The minimum Gasteiger partial charge on any atom is -0.354 e. The summed E-state index contributed by atoms with van der Waals surface area (Å²) in [6.45, 7) is 0. The van der Waals surface area contributed by atoms with Crippen LogP contribution in [0.3, 0.4) is 0 Å². The molecule has 4 heteroatoms. The van der Waals surface area contributed by atoms with Gasteiger partial charge >= 0.3 is 0 Å². The van der Waals surface area contributed by atoms with Gasteiger partial charge in [0.25, 0.3) is 0 Å². The second kappa shape index (κ2) is 11.0. The molecular formula is C37H26N2S2. The van der Waals surface area contributed by atoms with E-state index in [9.17, 15) is 5.41 Å². The average molecular weight is 563 g/mol. The Hall–Kier alpha value is -4.77. The number of allylic oxidation sites excluding steroid dienone is 1. The molecule has 4 aromatic carbocycles. The normalized spacial score (nSPS) is 13.6. The van der Waals surface area contributed by atoms with Crippen LogP contribution >= 0.6 is 22.7 Å². The third-order valence-electron chi connectivity index (χ3n) is 7.27. The number of hydrogen-bond acceptors (Lipinski definition) is 4. The van der Waals surface area contributed by atoms with Crippen LogP contribution in [-0.2, 0) is 0 Å². The Morgan fingerprint density at radius 2 is 1.17 bits per heavy atom.